The van der Waals surface area contributed by atoms with Crippen molar-refractivity contribution in [3.05, 3.63) is 29.5 Å². The molecule has 1 heterocycles. The first kappa shape index (κ1) is 10.8. The molecule has 3 rings (SSSR count). The third-order valence-corrected chi connectivity index (χ3v) is 3.90. The van der Waals surface area contributed by atoms with Gasteiger partial charge in [0.1, 0.15) is 0 Å². The van der Waals surface area contributed by atoms with E-state index in [9.17, 15) is 0 Å². The molecule has 0 spiro atoms. The Labute approximate surface area is 101 Å². The molecule has 1 aromatic carbocycles. The fraction of sp³-hybridized carbons (Fsp3) is 0.500. The first-order valence-electron chi connectivity index (χ1n) is 6.49. The molecule has 0 aliphatic heterocycles. The van der Waals surface area contributed by atoms with E-state index in [0.717, 1.165) is 11.1 Å². The molecule has 0 radical (unpaired) electrons. The molecule has 0 saturated heterocycles. The minimum atomic E-state index is 0.0750. The summed E-state index contributed by atoms with van der Waals surface area (Å²) in [7, 11) is 0. The van der Waals surface area contributed by atoms with Crippen molar-refractivity contribution in [1.29, 1.82) is 0 Å². The van der Waals surface area contributed by atoms with Crippen LogP contribution in [0.2, 0.25) is 0 Å². The average molecular weight is 229 g/mol. The van der Waals surface area contributed by atoms with Gasteiger partial charge in [0.25, 0.3) is 0 Å². The van der Waals surface area contributed by atoms with Gasteiger partial charge in [-0.05, 0) is 31.4 Å². The van der Waals surface area contributed by atoms with E-state index < -0.39 is 0 Å². The van der Waals surface area contributed by atoms with E-state index in [1.165, 1.54) is 36.8 Å². The van der Waals surface area contributed by atoms with E-state index in [1.54, 1.807) is 0 Å². The maximum Gasteiger partial charge on any atom is 0.0927 e. The molecule has 1 aliphatic carbocycles. The van der Waals surface area contributed by atoms with Crippen LogP contribution in [0.25, 0.3) is 10.9 Å². The number of aromatic nitrogens is 2. The number of nitrogens with two attached hydrogens (primary N) is 1. The molecular formula is C14H19N3. The van der Waals surface area contributed by atoms with Gasteiger partial charge < -0.3 is 5.73 Å². The molecule has 3 N–H and O–H groups in total. The fourth-order valence-corrected chi connectivity index (χ4v) is 2.86. The number of benzene rings is 1. The van der Waals surface area contributed by atoms with Crippen LogP contribution in [0.3, 0.4) is 0 Å². The van der Waals surface area contributed by atoms with Gasteiger partial charge in [-0.25, -0.2) is 0 Å². The summed E-state index contributed by atoms with van der Waals surface area (Å²) in [5, 5.41) is 8.94. The lowest BCUT2D eigenvalue weighted by Gasteiger charge is -2.07. The summed E-state index contributed by atoms with van der Waals surface area (Å²) in [4.78, 5) is 0. The number of fused-ring (bicyclic) bond motifs is 1. The molecule has 0 amide bonds. The van der Waals surface area contributed by atoms with Crippen molar-refractivity contribution in [2.75, 3.05) is 0 Å². The van der Waals surface area contributed by atoms with Gasteiger partial charge in [-0.3, -0.25) is 5.10 Å². The Bertz CT molecular complexity index is 521. The summed E-state index contributed by atoms with van der Waals surface area (Å²) >= 11 is 0. The van der Waals surface area contributed by atoms with Gasteiger partial charge >= 0.3 is 0 Å². The summed E-state index contributed by atoms with van der Waals surface area (Å²) < 4.78 is 0. The van der Waals surface area contributed by atoms with Gasteiger partial charge in [0, 0.05) is 23.0 Å². The second kappa shape index (κ2) is 4.15. The zero-order valence-corrected chi connectivity index (χ0v) is 10.2. The summed E-state index contributed by atoms with van der Waals surface area (Å²) in [5.41, 5.74) is 9.43. The van der Waals surface area contributed by atoms with E-state index in [-0.39, 0.29) is 6.04 Å². The molecule has 1 saturated carbocycles. The van der Waals surface area contributed by atoms with Crippen LogP contribution in [0, 0.1) is 0 Å². The number of hydrogen-bond donors (Lipinski definition) is 2. The third-order valence-electron chi connectivity index (χ3n) is 3.90. The van der Waals surface area contributed by atoms with Crippen molar-refractivity contribution in [2.24, 2.45) is 5.73 Å². The second-order valence-corrected chi connectivity index (χ2v) is 5.18. The number of H-pyrrole nitrogens is 1. The van der Waals surface area contributed by atoms with Crippen LogP contribution in [-0.2, 0) is 0 Å². The molecule has 17 heavy (non-hydrogen) atoms. The molecular weight excluding hydrogens is 210 g/mol. The molecule has 1 atom stereocenters. The Hall–Kier alpha value is -1.35. The van der Waals surface area contributed by atoms with Crippen LogP contribution in [0.4, 0.5) is 0 Å². The predicted molar refractivity (Wildman–Crippen MR) is 69.9 cm³/mol. The van der Waals surface area contributed by atoms with Crippen molar-refractivity contribution in [3.8, 4) is 0 Å². The molecule has 90 valence electrons. The Balaban J connectivity index is 2.04. The summed E-state index contributed by atoms with van der Waals surface area (Å²) in [6.07, 6.45) is 5.30. The van der Waals surface area contributed by atoms with E-state index in [1.807, 2.05) is 6.92 Å². The SMILES string of the molecule is CC(N)c1ccc2c(C3CCCC3)[nH]nc2c1. The Morgan fingerprint density at radius 1 is 1.35 bits per heavy atom. The number of nitrogens with one attached hydrogen (secondary N) is 1. The number of aromatic amines is 1. The van der Waals surface area contributed by atoms with Crippen LogP contribution in [-0.4, -0.2) is 10.2 Å². The van der Waals surface area contributed by atoms with Crippen molar-refractivity contribution in [2.45, 2.75) is 44.6 Å². The van der Waals surface area contributed by atoms with Crippen LogP contribution in [0.1, 0.15) is 55.8 Å². The van der Waals surface area contributed by atoms with Crippen molar-refractivity contribution < 1.29 is 0 Å². The molecule has 1 aliphatic rings. The lowest BCUT2D eigenvalue weighted by Crippen LogP contribution is -2.04. The molecule has 0 bridgehead atoms. The van der Waals surface area contributed by atoms with Gasteiger partial charge in [0.15, 0.2) is 0 Å². The van der Waals surface area contributed by atoms with Crippen molar-refractivity contribution in [3.63, 3.8) is 0 Å². The molecule has 1 unspecified atom stereocenters. The van der Waals surface area contributed by atoms with Gasteiger partial charge in [-0.15, -0.1) is 0 Å². The van der Waals surface area contributed by atoms with Gasteiger partial charge in [0.05, 0.1) is 5.52 Å². The fourth-order valence-electron chi connectivity index (χ4n) is 2.86. The molecule has 1 fully saturated rings. The average Bonchev–Trinajstić information content (AvgIpc) is 2.96. The normalized spacial score (nSPS) is 18.9. The third kappa shape index (κ3) is 1.84. The van der Waals surface area contributed by atoms with E-state index >= 15 is 0 Å². The highest BCUT2D eigenvalue weighted by Crippen LogP contribution is 2.36. The second-order valence-electron chi connectivity index (χ2n) is 5.18. The van der Waals surface area contributed by atoms with Gasteiger partial charge in [-0.2, -0.15) is 5.10 Å². The largest absolute Gasteiger partial charge is 0.324 e. The van der Waals surface area contributed by atoms with Crippen molar-refractivity contribution in [1.82, 2.24) is 10.2 Å². The summed E-state index contributed by atoms with van der Waals surface area (Å²) in [6, 6.07) is 6.48. The Kier molecular flexibility index (Phi) is 2.63. The van der Waals surface area contributed by atoms with Crippen LogP contribution in [0.5, 0.6) is 0 Å². The lowest BCUT2D eigenvalue weighted by molar-refractivity contribution is 0.698. The van der Waals surface area contributed by atoms with E-state index in [4.69, 9.17) is 5.73 Å². The smallest absolute Gasteiger partial charge is 0.0927 e. The maximum atomic E-state index is 5.90. The minimum Gasteiger partial charge on any atom is -0.324 e. The Morgan fingerprint density at radius 2 is 2.12 bits per heavy atom. The zero-order valence-electron chi connectivity index (χ0n) is 10.2. The quantitative estimate of drug-likeness (QED) is 0.830. The number of rotatable bonds is 2. The maximum absolute atomic E-state index is 5.90. The Morgan fingerprint density at radius 3 is 2.82 bits per heavy atom. The highest BCUT2D eigenvalue weighted by atomic mass is 15.1. The minimum absolute atomic E-state index is 0.0750. The van der Waals surface area contributed by atoms with E-state index in [2.05, 4.69) is 28.4 Å². The highest BCUT2D eigenvalue weighted by Gasteiger charge is 2.21. The molecule has 2 aromatic rings. The van der Waals surface area contributed by atoms with Gasteiger partial charge in [0.2, 0.25) is 0 Å². The molecule has 1 aromatic heterocycles. The lowest BCUT2D eigenvalue weighted by atomic mass is 9.99. The van der Waals surface area contributed by atoms with Crippen LogP contribution in [0.15, 0.2) is 18.2 Å². The first-order valence-corrected chi connectivity index (χ1v) is 6.49. The monoisotopic (exact) mass is 229 g/mol. The summed E-state index contributed by atoms with van der Waals surface area (Å²) in [5.74, 6) is 0.682. The number of nitrogens with zero attached hydrogens (tertiary/aromatic N) is 1. The zero-order chi connectivity index (χ0) is 11.8. The first-order chi connectivity index (χ1) is 8.25. The standard InChI is InChI=1S/C14H19N3/c1-9(15)11-6-7-12-13(8-11)16-17-14(12)10-4-2-3-5-10/h6-10H,2-5,15H2,1H3,(H,16,17). The van der Waals surface area contributed by atoms with Gasteiger partial charge in [-0.1, -0.05) is 25.0 Å². The summed E-state index contributed by atoms with van der Waals surface area (Å²) in [6.45, 7) is 2.01. The van der Waals surface area contributed by atoms with Crippen molar-refractivity contribution >= 4 is 10.9 Å². The topological polar surface area (TPSA) is 54.7 Å². The van der Waals surface area contributed by atoms with Crippen LogP contribution < -0.4 is 5.73 Å². The molecule has 3 heteroatoms. The predicted octanol–water partition coefficient (Wildman–Crippen LogP) is 3.24. The van der Waals surface area contributed by atoms with E-state index in [0.29, 0.717) is 5.92 Å². The molecule has 3 nitrogen and oxygen atoms in total. The number of hydrogen-bond acceptors (Lipinski definition) is 2. The highest BCUT2D eigenvalue weighted by molar-refractivity contribution is 5.82. The van der Waals surface area contributed by atoms with Crippen LogP contribution >= 0.6 is 0 Å².